The van der Waals surface area contributed by atoms with Gasteiger partial charge in [0.25, 0.3) is 0 Å². The normalized spacial score (nSPS) is 12.9. The number of unbranched alkanes of at least 4 members (excludes halogenated alkanes) is 1. The van der Waals surface area contributed by atoms with Gasteiger partial charge >= 0.3 is 23.9 Å². The Balaban J connectivity index is 4.44. The van der Waals surface area contributed by atoms with Crippen molar-refractivity contribution >= 4 is 23.9 Å². The number of carboxylic acid groups (broad SMARTS) is 3. The fourth-order valence-corrected chi connectivity index (χ4v) is 1.79. The lowest BCUT2D eigenvalue weighted by molar-refractivity contribution is -0.140. The average molecular weight is 333 g/mol. The van der Waals surface area contributed by atoms with E-state index in [2.05, 4.69) is 16.0 Å². The Kier molecular flexibility index (Phi) is 10.1. The number of nitrogens with one attached hydrogen (secondary N) is 3. The summed E-state index contributed by atoms with van der Waals surface area (Å²) in [5, 5.41) is 33.7. The van der Waals surface area contributed by atoms with E-state index in [9.17, 15) is 19.2 Å². The smallest absolute Gasteiger partial charge is 0.326 e. The highest BCUT2D eigenvalue weighted by Gasteiger charge is 2.24. The maximum Gasteiger partial charge on any atom is 0.326 e. The monoisotopic (exact) mass is 333 g/mol. The third kappa shape index (κ3) is 10.1. The standard InChI is InChI=1S/C13H23N3O7/c1-14-7-3-2-4-8(11(19)20)15-13(23)16-9(12(21)22)5-6-10(17)18/h8-9,14H,2-7H2,1H3,(H,17,18)(H,19,20)(H,21,22)(H2,15,16,23)/t8-,9+/m0/s1. The molecule has 2 atom stereocenters. The maximum atomic E-state index is 11.7. The quantitative estimate of drug-likeness (QED) is 0.259. The van der Waals surface area contributed by atoms with Crippen LogP contribution in [-0.4, -0.2) is 64.9 Å². The van der Waals surface area contributed by atoms with E-state index in [1.165, 1.54) is 0 Å². The molecule has 10 nitrogen and oxygen atoms in total. The Hall–Kier alpha value is -2.36. The second-order valence-corrected chi connectivity index (χ2v) is 4.93. The first-order valence-corrected chi connectivity index (χ1v) is 7.17. The van der Waals surface area contributed by atoms with Crippen LogP contribution < -0.4 is 16.0 Å². The van der Waals surface area contributed by atoms with Crippen LogP contribution in [0.4, 0.5) is 4.79 Å². The van der Waals surface area contributed by atoms with Crippen LogP contribution in [0, 0.1) is 0 Å². The Labute approximate surface area is 133 Å². The van der Waals surface area contributed by atoms with Crippen molar-refractivity contribution in [3.63, 3.8) is 0 Å². The van der Waals surface area contributed by atoms with E-state index < -0.39 is 42.4 Å². The summed E-state index contributed by atoms with van der Waals surface area (Å²) in [6, 6.07) is -3.49. The van der Waals surface area contributed by atoms with Crippen LogP contribution in [0.2, 0.25) is 0 Å². The summed E-state index contributed by atoms with van der Waals surface area (Å²) in [5.74, 6) is -3.80. The number of rotatable bonds is 12. The topological polar surface area (TPSA) is 165 Å². The zero-order valence-corrected chi connectivity index (χ0v) is 12.9. The summed E-state index contributed by atoms with van der Waals surface area (Å²) in [4.78, 5) is 44.2. The lowest BCUT2D eigenvalue weighted by Crippen LogP contribution is -2.51. The van der Waals surface area contributed by atoms with Crippen molar-refractivity contribution in [2.24, 2.45) is 0 Å². The van der Waals surface area contributed by atoms with Crippen molar-refractivity contribution in [3.05, 3.63) is 0 Å². The minimum Gasteiger partial charge on any atom is -0.481 e. The summed E-state index contributed by atoms with van der Waals surface area (Å²) >= 11 is 0. The van der Waals surface area contributed by atoms with Crippen LogP contribution in [0.1, 0.15) is 32.1 Å². The van der Waals surface area contributed by atoms with Crippen LogP contribution in [0.25, 0.3) is 0 Å². The molecule has 0 saturated heterocycles. The maximum absolute atomic E-state index is 11.7. The summed E-state index contributed by atoms with van der Waals surface area (Å²) in [6.45, 7) is 0.717. The van der Waals surface area contributed by atoms with E-state index in [0.717, 1.165) is 13.0 Å². The molecule has 6 N–H and O–H groups in total. The molecule has 0 heterocycles. The van der Waals surface area contributed by atoms with Crippen molar-refractivity contribution in [2.45, 2.75) is 44.2 Å². The largest absolute Gasteiger partial charge is 0.481 e. The molecule has 0 aromatic carbocycles. The SMILES string of the molecule is CNCCCC[C@H](NC(=O)N[C@H](CCC(=O)O)C(=O)O)C(=O)O. The number of carbonyl (C=O) groups is 4. The first-order chi connectivity index (χ1) is 10.8. The van der Waals surface area contributed by atoms with E-state index in [4.69, 9.17) is 15.3 Å². The van der Waals surface area contributed by atoms with Crippen LogP contribution in [0.15, 0.2) is 0 Å². The number of carboxylic acids is 3. The van der Waals surface area contributed by atoms with Crippen molar-refractivity contribution in [2.75, 3.05) is 13.6 Å². The van der Waals surface area contributed by atoms with E-state index in [1.807, 2.05) is 0 Å². The highest BCUT2D eigenvalue weighted by atomic mass is 16.4. The van der Waals surface area contributed by atoms with Crippen LogP contribution in [0.5, 0.6) is 0 Å². The Bertz CT molecular complexity index is 428. The summed E-state index contributed by atoms with van der Waals surface area (Å²) < 4.78 is 0. The molecule has 23 heavy (non-hydrogen) atoms. The second kappa shape index (κ2) is 11.2. The number of carbonyl (C=O) groups excluding carboxylic acids is 1. The zero-order valence-electron chi connectivity index (χ0n) is 12.9. The van der Waals surface area contributed by atoms with E-state index >= 15 is 0 Å². The predicted octanol–water partition coefficient (Wildman–Crippen LogP) is -0.553. The highest BCUT2D eigenvalue weighted by Crippen LogP contribution is 2.02. The Morgan fingerprint density at radius 1 is 0.870 bits per heavy atom. The number of hydrogen-bond donors (Lipinski definition) is 6. The van der Waals surface area contributed by atoms with Crippen molar-refractivity contribution < 1.29 is 34.5 Å². The first kappa shape index (κ1) is 20.6. The molecular formula is C13H23N3O7. The van der Waals surface area contributed by atoms with Gasteiger partial charge in [-0.1, -0.05) is 0 Å². The average Bonchev–Trinajstić information content (AvgIpc) is 2.45. The summed E-state index contributed by atoms with van der Waals surface area (Å²) in [5.41, 5.74) is 0. The van der Waals surface area contributed by atoms with E-state index in [-0.39, 0.29) is 12.8 Å². The molecule has 0 aromatic heterocycles. The molecule has 0 bridgehead atoms. The molecule has 2 amide bonds. The van der Waals surface area contributed by atoms with Crippen molar-refractivity contribution in [3.8, 4) is 0 Å². The molecule has 0 fully saturated rings. The molecule has 0 aliphatic rings. The van der Waals surface area contributed by atoms with Crippen LogP contribution in [0.3, 0.4) is 0 Å². The highest BCUT2D eigenvalue weighted by molar-refractivity contribution is 5.86. The molecule has 0 rings (SSSR count). The lowest BCUT2D eigenvalue weighted by Gasteiger charge is -2.18. The van der Waals surface area contributed by atoms with Crippen LogP contribution in [-0.2, 0) is 14.4 Å². The fraction of sp³-hybridized carbons (Fsp3) is 0.692. The van der Waals surface area contributed by atoms with Gasteiger partial charge in [-0.2, -0.15) is 0 Å². The van der Waals surface area contributed by atoms with Gasteiger partial charge in [-0.25, -0.2) is 14.4 Å². The number of urea groups is 1. The van der Waals surface area contributed by atoms with Gasteiger partial charge in [0.05, 0.1) is 0 Å². The second-order valence-electron chi connectivity index (χ2n) is 4.93. The van der Waals surface area contributed by atoms with Gasteiger partial charge in [-0.15, -0.1) is 0 Å². The number of amides is 2. The Morgan fingerprint density at radius 2 is 1.39 bits per heavy atom. The zero-order chi connectivity index (χ0) is 17.8. The van der Waals surface area contributed by atoms with Gasteiger partial charge < -0.3 is 31.3 Å². The van der Waals surface area contributed by atoms with Gasteiger partial charge in [-0.3, -0.25) is 4.79 Å². The summed E-state index contributed by atoms with van der Waals surface area (Å²) in [7, 11) is 1.77. The lowest BCUT2D eigenvalue weighted by atomic mass is 10.1. The third-order valence-electron chi connectivity index (χ3n) is 3.02. The predicted molar refractivity (Wildman–Crippen MR) is 79.2 cm³/mol. The van der Waals surface area contributed by atoms with Crippen molar-refractivity contribution in [1.29, 1.82) is 0 Å². The van der Waals surface area contributed by atoms with Gasteiger partial charge in [0.2, 0.25) is 0 Å². The molecule has 10 heteroatoms. The van der Waals surface area contributed by atoms with Gasteiger partial charge in [0.1, 0.15) is 12.1 Å². The van der Waals surface area contributed by atoms with E-state index in [0.29, 0.717) is 6.42 Å². The third-order valence-corrected chi connectivity index (χ3v) is 3.02. The molecule has 0 aliphatic carbocycles. The minimum absolute atomic E-state index is 0.206. The number of hydrogen-bond acceptors (Lipinski definition) is 5. The molecule has 0 unspecified atom stereocenters. The molecule has 0 spiro atoms. The molecule has 132 valence electrons. The van der Waals surface area contributed by atoms with E-state index in [1.54, 1.807) is 7.05 Å². The number of aliphatic carboxylic acids is 3. The van der Waals surface area contributed by atoms with Crippen molar-refractivity contribution in [1.82, 2.24) is 16.0 Å². The van der Waals surface area contributed by atoms with Gasteiger partial charge in [0.15, 0.2) is 0 Å². The molecular weight excluding hydrogens is 310 g/mol. The minimum atomic E-state index is -1.40. The molecule has 0 radical (unpaired) electrons. The Morgan fingerprint density at radius 3 is 1.83 bits per heavy atom. The molecule has 0 aromatic rings. The fourth-order valence-electron chi connectivity index (χ4n) is 1.79. The van der Waals surface area contributed by atoms with Gasteiger partial charge in [0, 0.05) is 6.42 Å². The molecule has 0 aliphatic heterocycles. The molecule has 0 saturated carbocycles. The van der Waals surface area contributed by atoms with Crippen LogP contribution >= 0.6 is 0 Å². The first-order valence-electron chi connectivity index (χ1n) is 7.17. The summed E-state index contributed by atoms with van der Waals surface area (Å²) in [6.07, 6.45) is 0.790. The van der Waals surface area contributed by atoms with Gasteiger partial charge in [-0.05, 0) is 39.3 Å².